The molecule has 2 aromatic carbocycles. The van der Waals surface area contributed by atoms with Crippen molar-refractivity contribution in [1.29, 1.82) is 5.26 Å². The monoisotopic (exact) mass is 441 g/mol. The topological polar surface area (TPSA) is 135 Å². The third-order valence-electron chi connectivity index (χ3n) is 4.71. The maximum absolute atomic E-state index is 11.2. The van der Waals surface area contributed by atoms with E-state index >= 15 is 0 Å². The molecule has 0 aliphatic carbocycles. The van der Waals surface area contributed by atoms with Crippen LogP contribution in [0.5, 0.6) is 0 Å². The number of hydrogen-bond acceptors (Lipinski definition) is 8. The summed E-state index contributed by atoms with van der Waals surface area (Å²) in [7, 11) is 0. The van der Waals surface area contributed by atoms with Crippen LogP contribution in [0.4, 0.5) is 11.6 Å². The van der Waals surface area contributed by atoms with Crippen LogP contribution < -0.4 is 5.43 Å². The number of rotatable bonds is 7. The number of nitro groups is 1. The Hall–Kier alpha value is -4.78. The molecule has 164 valence electrons. The number of oxazole rings is 1. The van der Waals surface area contributed by atoms with Crippen LogP contribution in [-0.2, 0) is 0 Å². The summed E-state index contributed by atoms with van der Waals surface area (Å²) in [5.41, 5.74) is 5.29. The van der Waals surface area contributed by atoms with Gasteiger partial charge in [0.2, 0.25) is 11.6 Å². The summed E-state index contributed by atoms with van der Waals surface area (Å²) < 4.78 is 7.25. The molecule has 0 aliphatic rings. The Morgan fingerprint density at radius 2 is 2.03 bits per heavy atom. The van der Waals surface area contributed by atoms with E-state index < -0.39 is 4.92 Å². The number of benzene rings is 2. The average Bonchev–Trinajstić information content (AvgIpc) is 3.44. The Labute approximate surface area is 189 Å². The van der Waals surface area contributed by atoms with Crippen LogP contribution in [0.25, 0.3) is 16.9 Å². The first-order chi connectivity index (χ1) is 16.0. The van der Waals surface area contributed by atoms with Crippen molar-refractivity contribution >= 4 is 17.8 Å². The van der Waals surface area contributed by atoms with Gasteiger partial charge < -0.3 is 4.42 Å². The number of nitriles is 1. The molecular formula is C23H19N7O3. The number of aromatic nitrogens is 3. The van der Waals surface area contributed by atoms with E-state index in [9.17, 15) is 15.4 Å². The first-order valence-corrected chi connectivity index (χ1v) is 10.1. The lowest BCUT2D eigenvalue weighted by atomic mass is 10.1. The third kappa shape index (κ3) is 4.62. The van der Waals surface area contributed by atoms with Crippen molar-refractivity contribution in [2.75, 3.05) is 5.43 Å². The maximum atomic E-state index is 11.2. The van der Waals surface area contributed by atoms with E-state index in [1.165, 1.54) is 18.3 Å². The number of non-ortho nitro benzene ring substituents is 1. The molecule has 0 bridgehead atoms. The predicted octanol–water partition coefficient (Wildman–Crippen LogP) is 4.88. The minimum Gasteiger partial charge on any atom is -0.422 e. The van der Waals surface area contributed by atoms with Crippen molar-refractivity contribution in [2.24, 2.45) is 5.10 Å². The van der Waals surface area contributed by atoms with E-state index in [0.717, 1.165) is 5.69 Å². The molecule has 0 amide bonds. The molecule has 10 heteroatoms. The lowest BCUT2D eigenvalue weighted by Crippen LogP contribution is -1.94. The van der Waals surface area contributed by atoms with Crippen molar-refractivity contribution in [3.05, 3.63) is 88.1 Å². The molecule has 4 rings (SSSR count). The number of hydrazone groups is 1. The van der Waals surface area contributed by atoms with Gasteiger partial charge in [-0.1, -0.05) is 44.2 Å². The fraction of sp³-hybridized carbons (Fsp3) is 0.130. The highest BCUT2D eigenvalue weighted by Gasteiger charge is 2.16. The molecule has 2 aromatic heterocycles. The maximum Gasteiger partial charge on any atom is 0.270 e. The van der Waals surface area contributed by atoms with Crippen molar-refractivity contribution in [2.45, 2.75) is 19.8 Å². The van der Waals surface area contributed by atoms with Gasteiger partial charge in [-0.3, -0.25) is 10.1 Å². The molecule has 0 radical (unpaired) electrons. The minimum atomic E-state index is -0.452. The normalized spacial score (nSPS) is 11.1. The van der Waals surface area contributed by atoms with E-state index in [0.29, 0.717) is 22.7 Å². The summed E-state index contributed by atoms with van der Waals surface area (Å²) in [4.78, 5) is 14.9. The van der Waals surface area contributed by atoms with E-state index in [-0.39, 0.29) is 23.2 Å². The summed E-state index contributed by atoms with van der Waals surface area (Å²) in [5, 5.41) is 29.3. The van der Waals surface area contributed by atoms with Gasteiger partial charge in [-0.05, 0) is 12.1 Å². The van der Waals surface area contributed by atoms with Gasteiger partial charge in [0.15, 0.2) is 0 Å². The van der Waals surface area contributed by atoms with Crippen LogP contribution in [0, 0.1) is 21.4 Å². The van der Waals surface area contributed by atoms with E-state index in [1.54, 1.807) is 23.0 Å². The van der Waals surface area contributed by atoms with Crippen LogP contribution in [0.1, 0.15) is 36.9 Å². The van der Waals surface area contributed by atoms with Gasteiger partial charge in [-0.25, -0.2) is 15.1 Å². The molecule has 0 saturated carbocycles. The molecule has 0 atom stereocenters. The number of para-hydroxylation sites is 1. The largest absolute Gasteiger partial charge is 0.422 e. The molecule has 10 nitrogen and oxygen atoms in total. The van der Waals surface area contributed by atoms with Crippen molar-refractivity contribution in [3.63, 3.8) is 0 Å². The molecule has 2 heterocycles. The van der Waals surface area contributed by atoms with Crippen LogP contribution >= 0.6 is 0 Å². The molecule has 4 aromatic rings. The molecule has 0 spiro atoms. The Kier molecular flexibility index (Phi) is 5.95. The highest BCUT2D eigenvalue weighted by Crippen LogP contribution is 2.26. The smallest absolute Gasteiger partial charge is 0.270 e. The quantitative estimate of drug-likeness (QED) is 0.245. The lowest BCUT2D eigenvalue weighted by Gasteiger charge is -2.01. The van der Waals surface area contributed by atoms with Gasteiger partial charge in [-0.15, -0.1) is 0 Å². The van der Waals surface area contributed by atoms with Crippen molar-refractivity contribution < 1.29 is 9.34 Å². The van der Waals surface area contributed by atoms with Crippen LogP contribution in [0.15, 0.2) is 70.3 Å². The Balaban J connectivity index is 1.71. The number of anilines is 1. The van der Waals surface area contributed by atoms with Crippen LogP contribution in [0.2, 0.25) is 0 Å². The van der Waals surface area contributed by atoms with Crippen LogP contribution in [-0.4, -0.2) is 25.9 Å². The fourth-order valence-electron chi connectivity index (χ4n) is 3.08. The standard InChI is InChI=1S/C23H19N7O3/c1-15(2)22-26-20(12-24)23(33-22)27-25-13-17-14-29(18-8-4-3-5-9-18)28-21(17)16-7-6-10-19(11-16)30(31)32/h3-11,13-15,27H,1-2H3/b25-13+. The number of nitrogens with one attached hydrogen (secondary N) is 1. The summed E-state index contributed by atoms with van der Waals surface area (Å²) in [5.74, 6) is 0.587. The highest BCUT2D eigenvalue weighted by molar-refractivity contribution is 5.89. The molecule has 0 saturated heterocycles. The zero-order chi connectivity index (χ0) is 23.4. The van der Waals surface area contributed by atoms with Crippen molar-refractivity contribution in [3.8, 4) is 23.0 Å². The van der Waals surface area contributed by atoms with E-state index in [4.69, 9.17) is 4.42 Å². The SMILES string of the molecule is CC(C)c1nc(C#N)c(N/N=C/c2cn(-c3ccccc3)nc2-c2cccc([N+](=O)[O-])c2)o1. The van der Waals surface area contributed by atoms with Gasteiger partial charge in [0.25, 0.3) is 11.6 Å². The molecular weight excluding hydrogens is 422 g/mol. The lowest BCUT2D eigenvalue weighted by molar-refractivity contribution is -0.384. The fourth-order valence-corrected chi connectivity index (χ4v) is 3.08. The predicted molar refractivity (Wildman–Crippen MR) is 122 cm³/mol. The summed E-state index contributed by atoms with van der Waals surface area (Å²) >= 11 is 0. The van der Waals surface area contributed by atoms with Gasteiger partial charge >= 0.3 is 0 Å². The Morgan fingerprint density at radius 3 is 2.73 bits per heavy atom. The van der Waals surface area contributed by atoms with Gasteiger partial charge in [0.1, 0.15) is 11.8 Å². The number of hydrogen-bond donors (Lipinski definition) is 1. The molecule has 0 aliphatic heterocycles. The summed E-state index contributed by atoms with van der Waals surface area (Å²) in [6, 6.07) is 17.7. The minimum absolute atomic E-state index is 0.0150. The number of nitrogens with zero attached hydrogens (tertiary/aromatic N) is 6. The zero-order valence-corrected chi connectivity index (χ0v) is 17.8. The molecule has 0 unspecified atom stereocenters. The zero-order valence-electron chi connectivity index (χ0n) is 17.8. The third-order valence-corrected chi connectivity index (χ3v) is 4.71. The van der Waals surface area contributed by atoms with Gasteiger partial charge in [-0.2, -0.15) is 15.5 Å². The second kappa shape index (κ2) is 9.15. The summed E-state index contributed by atoms with van der Waals surface area (Å²) in [6.07, 6.45) is 3.28. The molecule has 1 N–H and O–H groups in total. The summed E-state index contributed by atoms with van der Waals surface area (Å²) in [6.45, 7) is 3.81. The second-order valence-electron chi connectivity index (χ2n) is 7.39. The van der Waals surface area contributed by atoms with Crippen LogP contribution in [0.3, 0.4) is 0 Å². The molecule has 0 fully saturated rings. The van der Waals surface area contributed by atoms with E-state index in [1.807, 2.05) is 50.2 Å². The van der Waals surface area contributed by atoms with Gasteiger partial charge in [0, 0.05) is 35.4 Å². The first-order valence-electron chi connectivity index (χ1n) is 10.1. The Bertz CT molecular complexity index is 1360. The molecule has 33 heavy (non-hydrogen) atoms. The van der Waals surface area contributed by atoms with Crippen molar-refractivity contribution in [1.82, 2.24) is 14.8 Å². The number of nitro benzene ring substituents is 1. The van der Waals surface area contributed by atoms with Gasteiger partial charge in [0.05, 0.1) is 16.8 Å². The highest BCUT2D eigenvalue weighted by atomic mass is 16.6. The van der Waals surface area contributed by atoms with E-state index in [2.05, 4.69) is 20.6 Å². The Morgan fingerprint density at radius 1 is 1.24 bits per heavy atom. The second-order valence-corrected chi connectivity index (χ2v) is 7.39. The average molecular weight is 441 g/mol. The first kappa shape index (κ1) is 21.5.